The Hall–Kier alpha value is -6.87. The van der Waals surface area contributed by atoms with E-state index in [1.807, 2.05) is 65.7 Å². The summed E-state index contributed by atoms with van der Waals surface area (Å²) in [6.45, 7) is 16.2. The molecule has 68 heavy (non-hydrogen) atoms. The van der Waals surface area contributed by atoms with Crippen LogP contribution in [0.25, 0.3) is 22.1 Å². The second kappa shape index (κ2) is 18.0. The molecule has 364 valence electrons. The number of aromatic carboxylic acids is 1. The highest BCUT2D eigenvalue weighted by Gasteiger charge is 2.47. The van der Waals surface area contributed by atoms with Crippen molar-refractivity contribution in [1.29, 1.82) is 0 Å². The Kier molecular flexibility index (Phi) is 12.6. The van der Waals surface area contributed by atoms with E-state index < -0.39 is 34.1 Å². The first-order chi connectivity index (χ1) is 32.0. The van der Waals surface area contributed by atoms with Gasteiger partial charge in [0.15, 0.2) is 40.6 Å². The predicted octanol–water partition coefficient (Wildman–Crippen LogP) is 2.95. The zero-order valence-corrected chi connectivity index (χ0v) is 39.7. The largest absolute Gasteiger partial charge is 0.477 e. The molecule has 4 atom stereocenters. The van der Waals surface area contributed by atoms with Crippen molar-refractivity contribution in [3.63, 3.8) is 0 Å². The number of carbonyl (C=O) groups is 1. The van der Waals surface area contributed by atoms with Crippen molar-refractivity contribution in [3.05, 3.63) is 67.7 Å². The topological polar surface area (TPSA) is 274 Å². The lowest BCUT2D eigenvalue weighted by Gasteiger charge is -2.35. The highest BCUT2D eigenvalue weighted by molar-refractivity contribution is 5.95. The number of pyridine rings is 4. The highest BCUT2D eigenvalue weighted by Crippen LogP contribution is 2.38. The number of piperazine rings is 2. The molecule has 2 unspecified atom stereocenters. The molecule has 0 spiro atoms. The van der Waals surface area contributed by atoms with Crippen molar-refractivity contribution in [2.24, 2.45) is 42.9 Å². The highest BCUT2D eigenvalue weighted by atomic mass is 19.1. The molecule has 4 aromatic rings. The summed E-state index contributed by atoms with van der Waals surface area (Å²) in [5.74, 6) is -1.64. The maximum absolute atomic E-state index is 15.6. The van der Waals surface area contributed by atoms with Crippen LogP contribution in [0.3, 0.4) is 0 Å². The average molecular weight is 941 g/mol. The van der Waals surface area contributed by atoms with Crippen LogP contribution in [0.1, 0.15) is 96.0 Å². The van der Waals surface area contributed by atoms with Crippen LogP contribution >= 0.6 is 0 Å². The lowest BCUT2D eigenvalue weighted by molar-refractivity contribution is 0.0694. The van der Waals surface area contributed by atoms with Crippen molar-refractivity contribution in [3.8, 4) is 0 Å². The van der Waals surface area contributed by atoms with E-state index in [9.17, 15) is 19.5 Å². The zero-order chi connectivity index (χ0) is 49.1. The van der Waals surface area contributed by atoms with E-state index in [1.54, 1.807) is 17.7 Å². The van der Waals surface area contributed by atoms with Gasteiger partial charge in [0.1, 0.15) is 16.9 Å². The van der Waals surface area contributed by atoms with Gasteiger partial charge in [0.25, 0.3) is 0 Å². The van der Waals surface area contributed by atoms with E-state index in [0.29, 0.717) is 56.9 Å². The molecule has 4 aliphatic heterocycles. The molecule has 4 bridgehead atoms. The molecule has 4 aliphatic rings. The number of likely N-dealkylation sites (tertiary alicyclic amines) is 2. The number of hydrogen-bond donors (Lipinski definition) is 5. The van der Waals surface area contributed by atoms with Crippen LogP contribution < -0.4 is 43.6 Å². The summed E-state index contributed by atoms with van der Waals surface area (Å²) in [4.78, 5) is 72.3. The van der Waals surface area contributed by atoms with Crippen LogP contribution in [-0.2, 0) is 11.1 Å². The molecule has 20 nitrogen and oxygen atoms in total. The Labute approximate surface area is 392 Å². The molecular weight excluding hydrogens is 879 g/mol. The third-order valence-electron chi connectivity index (χ3n) is 13.4. The summed E-state index contributed by atoms with van der Waals surface area (Å²) in [6, 6.07) is 2.13. The number of carboxylic acids is 1. The number of carboxylic acid groups (broad SMARTS) is 1. The van der Waals surface area contributed by atoms with Crippen molar-refractivity contribution in [2.75, 3.05) is 49.1 Å². The van der Waals surface area contributed by atoms with Crippen LogP contribution in [0.5, 0.6) is 0 Å². The molecule has 4 saturated heterocycles. The number of nitrogens with two attached hydrogens (primary N) is 4. The third kappa shape index (κ3) is 9.11. The van der Waals surface area contributed by atoms with E-state index in [0.717, 1.165) is 38.2 Å². The summed E-state index contributed by atoms with van der Waals surface area (Å²) in [5.41, 5.74) is 23.8. The quantitative estimate of drug-likeness (QED) is 0.0870. The molecule has 0 aliphatic carbocycles. The van der Waals surface area contributed by atoms with Crippen LogP contribution in [0.15, 0.2) is 54.1 Å². The maximum atomic E-state index is 15.6. The first-order valence-corrected chi connectivity index (χ1v) is 23.1. The van der Waals surface area contributed by atoms with Gasteiger partial charge in [-0.15, -0.1) is 0 Å². The van der Waals surface area contributed by atoms with Gasteiger partial charge in [0.05, 0.1) is 34.9 Å². The normalized spacial score (nSPS) is 21.4. The fourth-order valence-electron chi connectivity index (χ4n) is 9.95. The van der Waals surface area contributed by atoms with E-state index >= 15 is 8.78 Å². The van der Waals surface area contributed by atoms with Crippen LogP contribution in [0, 0.1) is 18.6 Å². The zero-order valence-electron chi connectivity index (χ0n) is 39.7. The molecule has 0 radical (unpaired) electrons. The number of aromatic nitrogens is 4. The minimum Gasteiger partial charge on any atom is -0.477 e. The van der Waals surface area contributed by atoms with Gasteiger partial charge in [-0.1, -0.05) is 12.8 Å². The monoisotopic (exact) mass is 941 g/mol. The fraction of sp³-hybridized carbons (Fsp3) is 0.543. The van der Waals surface area contributed by atoms with Gasteiger partial charge in [-0.2, -0.15) is 9.98 Å². The van der Waals surface area contributed by atoms with E-state index in [-0.39, 0.29) is 87.0 Å². The summed E-state index contributed by atoms with van der Waals surface area (Å²) in [5, 5.41) is 9.80. The number of aryl methyl sites for hydroxylation is 1. The van der Waals surface area contributed by atoms with Gasteiger partial charge in [-0.3, -0.25) is 19.6 Å². The lowest BCUT2D eigenvalue weighted by Crippen LogP contribution is -2.52. The Morgan fingerprint density at radius 2 is 1.10 bits per heavy atom. The van der Waals surface area contributed by atoms with Crippen molar-refractivity contribution < 1.29 is 18.7 Å². The van der Waals surface area contributed by atoms with Gasteiger partial charge in [-0.25, -0.2) is 23.5 Å². The van der Waals surface area contributed by atoms with E-state index in [1.165, 1.54) is 12.3 Å². The molecular formula is C46H62F2N16O4. The van der Waals surface area contributed by atoms with Crippen molar-refractivity contribution in [1.82, 2.24) is 28.9 Å². The second-order valence-corrected chi connectivity index (χ2v) is 20.3. The second-order valence-electron chi connectivity index (χ2n) is 20.3. The minimum absolute atomic E-state index is 0.0119. The Bertz CT molecular complexity index is 2920. The number of nitrogens with zero attached hydrogens (tertiary/aromatic N) is 12. The van der Waals surface area contributed by atoms with Crippen LogP contribution in [-0.4, -0.2) is 127 Å². The summed E-state index contributed by atoms with van der Waals surface area (Å²) >= 11 is 0. The first kappa shape index (κ1) is 47.6. The summed E-state index contributed by atoms with van der Waals surface area (Å²) in [6.07, 6.45) is 7.81. The van der Waals surface area contributed by atoms with Crippen molar-refractivity contribution in [2.45, 2.75) is 122 Å². The van der Waals surface area contributed by atoms with Gasteiger partial charge >= 0.3 is 5.97 Å². The predicted molar refractivity (Wildman–Crippen MR) is 261 cm³/mol. The van der Waals surface area contributed by atoms with Crippen LogP contribution in [0.2, 0.25) is 0 Å². The smallest absolute Gasteiger partial charge is 0.341 e. The molecule has 8 heterocycles. The number of anilines is 2. The van der Waals surface area contributed by atoms with E-state index in [2.05, 4.69) is 25.0 Å². The first-order valence-electron chi connectivity index (χ1n) is 23.1. The Balaban J connectivity index is 0.780. The number of fused-ring (bicyclic) bond motifs is 6. The maximum Gasteiger partial charge on any atom is 0.341 e. The number of rotatable bonds is 10. The number of hydrogen-bond acceptors (Lipinski definition) is 9. The van der Waals surface area contributed by atoms with Gasteiger partial charge < -0.3 is 56.8 Å². The SMILES string of the molecule is Cc1cn(C(C)(C)C)c2nc(N3C[C@@H]4CC3CN4/C(N)=N/C(N)=NCCCCCCN=C(N)/N=C(\N)N3CC4C[C@@H]3CN4c3nc4c(cc3F)c(=O)c(C(=O)O)cn4C(C)(C)C)c(F)cc2c1=O. The molecule has 9 N–H and O–H groups in total. The summed E-state index contributed by atoms with van der Waals surface area (Å²) in [7, 11) is 0. The molecule has 0 saturated carbocycles. The molecule has 0 amide bonds. The molecule has 4 aromatic heterocycles. The number of unbranched alkanes of at least 4 members (excludes halogenated alkanes) is 3. The van der Waals surface area contributed by atoms with Gasteiger partial charge in [0.2, 0.25) is 17.3 Å². The molecule has 0 aromatic carbocycles. The number of aliphatic imine (C=N–C) groups is 4. The van der Waals surface area contributed by atoms with Crippen LogP contribution in [0.4, 0.5) is 20.4 Å². The lowest BCUT2D eigenvalue weighted by atomic mass is 10.1. The Morgan fingerprint density at radius 3 is 1.50 bits per heavy atom. The number of guanidine groups is 4. The van der Waals surface area contributed by atoms with Gasteiger partial charge in [0, 0.05) is 68.3 Å². The third-order valence-corrected chi connectivity index (χ3v) is 13.4. The van der Waals surface area contributed by atoms with Gasteiger partial charge in [-0.05, 0) is 86.3 Å². The molecule has 4 fully saturated rings. The Morgan fingerprint density at radius 1 is 0.676 bits per heavy atom. The minimum atomic E-state index is -1.39. The standard InChI is InChI=1S/C46H62F2N16O4/c1-24-18-63(45(2,3)4)36-29(34(24)65)16-32(47)38(55-36)59-19-27-14-25(59)21-61(27)43(51)57-41(49)53-12-10-8-9-11-13-54-42(50)58-44(52)62-22-26-15-28(62)20-60(26)39-33(48)17-30-35(66)31(40(67)68)23-64(37(30)56-39)46(5,6)7/h16-18,23,25-28H,8-15,19-22H2,1-7H3,(H,67,68)(H4,49,51,53,57)(H4,50,52,54,58)/t25?,26?,27-,28+/m0/s1. The average Bonchev–Trinajstić information content (AvgIpc) is 4.07. The molecule has 8 rings (SSSR count). The summed E-state index contributed by atoms with van der Waals surface area (Å²) < 4.78 is 34.8. The van der Waals surface area contributed by atoms with Crippen molar-refractivity contribution >= 4 is 63.5 Å². The number of halogens is 2. The van der Waals surface area contributed by atoms with E-state index in [4.69, 9.17) is 27.9 Å². The molecule has 22 heteroatoms. The fourth-order valence-corrected chi connectivity index (χ4v) is 9.95.